The quantitative estimate of drug-likeness (QED) is 0.544. The van der Waals surface area contributed by atoms with Gasteiger partial charge in [0.1, 0.15) is 0 Å². The third-order valence-electron chi connectivity index (χ3n) is 10.5. The van der Waals surface area contributed by atoms with Gasteiger partial charge >= 0.3 is 0 Å². The largest absolute Gasteiger partial charge is 0.396 e. The molecular weight excluding hydrogens is 400 g/mol. The Bertz CT molecular complexity index is 782. The molecule has 4 heteroatoms. The van der Waals surface area contributed by atoms with Crippen LogP contribution in [0.3, 0.4) is 0 Å². The summed E-state index contributed by atoms with van der Waals surface area (Å²) in [6.45, 7) is 10.7. The van der Waals surface area contributed by atoms with E-state index < -0.39 is 17.1 Å². The Morgan fingerprint density at radius 2 is 1.94 bits per heavy atom. The number of aliphatic hydroxyl groups excluding tert-OH is 2. The molecule has 3 N–H and O–H groups in total. The summed E-state index contributed by atoms with van der Waals surface area (Å²) < 4.78 is 0. The van der Waals surface area contributed by atoms with E-state index in [-0.39, 0.29) is 29.6 Å². The molecule has 4 rings (SSSR count). The van der Waals surface area contributed by atoms with Crippen molar-refractivity contribution >= 4 is 5.78 Å². The van der Waals surface area contributed by atoms with Gasteiger partial charge in [0.15, 0.2) is 5.78 Å². The van der Waals surface area contributed by atoms with E-state index in [2.05, 4.69) is 39.8 Å². The van der Waals surface area contributed by atoms with Crippen LogP contribution in [0.2, 0.25) is 0 Å². The van der Waals surface area contributed by atoms with Crippen molar-refractivity contribution in [1.29, 1.82) is 0 Å². The van der Waals surface area contributed by atoms with Gasteiger partial charge in [-0.05, 0) is 86.0 Å². The lowest BCUT2D eigenvalue weighted by Gasteiger charge is -2.59. The predicted molar refractivity (Wildman–Crippen MR) is 127 cm³/mol. The Labute approximate surface area is 194 Å². The number of hydrogen-bond acceptors (Lipinski definition) is 4. The van der Waals surface area contributed by atoms with Crippen molar-refractivity contribution in [2.24, 2.45) is 52.3 Å². The first kappa shape index (κ1) is 24.2. The highest BCUT2D eigenvalue weighted by molar-refractivity contribution is 5.91. The van der Waals surface area contributed by atoms with E-state index in [0.29, 0.717) is 42.4 Å². The average molecular weight is 445 g/mol. The Balaban J connectivity index is 1.65. The summed E-state index contributed by atoms with van der Waals surface area (Å²) in [5.41, 5.74) is -1.59. The zero-order valence-corrected chi connectivity index (χ0v) is 20.6. The number of allylic oxidation sites excluding steroid dienone is 3. The molecule has 0 saturated heterocycles. The summed E-state index contributed by atoms with van der Waals surface area (Å²) in [6.07, 6.45) is 12.5. The fraction of sp³-hybridized carbons (Fsp3) is 0.821. The van der Waals surface area contributed by atoms with Crippen LogP contribution in [-0.4, -0.2) is 39.4 Å². The Morgan fingerprint density at radius 1 is 1.22 bits per heavy atom. The van der Waals surface area contributed by atoms with E-state index in [4.69, 9.17) is 0 Å². The van der Waals surface area contributed by atoms with E-state index in [9.17, 15) is 20.1 Å². The average Bonchev–Trinajstić information content (AvgIpc) is 3.05. The van der Waals surface area contributed by atoms with Crippen molar-refractivity contribution in [2.75, 3.05) is 6.61 Å². The number of carbonyl (C=O) groups excluding carboxylic acids is 1. The Morgan fingerprint density at radius 3 is 2.59 bits per heavy atom. The lowest BCUT2D eigenvalue weighted by atomic mass is 9.45. The molecule has 0 aromatic rings. The molecule has 0 radical (unpaired) electrons. The highest BCUT2D eigenvalue weighted by Crippen LogP contribution is 2.67. The van der Waals surface area contributed by atoms with E-state index in [1.165, 1.54) is 0 Å². The van der Waals surface area contributed by atoms with Crippen LogP contribution in [0.15, 0.2) is 24.3 Å². The second-order valence-corrected chi connectivity index (χ2v) is 12.4. The lowest BCUT2D eigenvalue weighted by Crippen LogP contribution is -2.57. The van der Waals surface area contributed by atoms with Crippen molar-refractivity contribution in [3.05, 3.63) is 24.3 Å². The van der Waals surface area contributed by atoms with Crippen molar-refractivity contribution in [3.8, 4) is 0 Å². The molecule has 0 bridgehead atoms. The topological polar surface area (TPSA) is 77.8 Å². The van der Waals surface area contributed by atoms with Gasteiger partial charge in [-0.1, -0.05) is 45.9 Å². The maximum Gasteiger partial charge on any atom is 0.155 e. The zero-order chi connectivity index (χ0) is 23.5. The minimum absolute atomic E-state index is 0.0147. The number of rotatable bonds is 5. The molecule has 10 atom stereocenters. The lowest BCUT2D eigenvalue weighted by molar-refractivity contribution is -0.142. The van der Waals surface area contributed by atoms with Crippen molar-refractivity contribution in [1.82, 2.24) is 0 Å². The molecule has 32 heavy (non-hydrogen) atoms. The fourth-order valence-corrected chi connectivity index (χ4v) is 8.39. The van der Waals surface area contributed by atoms with E-state index in [0.717, 1.165) is 25.7 Å². The normalized spacial score (nSPS) is 46.6. The van der Waals surface area contributed by atoms with Crippen LogP contribution in [0.5, 0.6) is 0 Å². The molecule has 180 valence electrons. The van der Waals surface area contributed by atoms with Gasteiger partial charge in [-0.15, -0.1) is 0 Å². The Kier molecular flexibility index (Phi) is 6.31. The third-order valence-corrected chi connectivity index (χ3v) is 10.5. The summed E-state index contributed by atoms with van der Waals surface area (Å²) >= 11 is 0. The smallest absolute Gasteiger partial charge is 0.155 e. The summed E-state index contributed by atoms with van der Waals surface area (Å²) in [7, 11) is 0. The standard InChI is InChI=1S/C28H44O4/c1-17(2)18(3)8-12-27(5,32)25-24(31)15-23-21-7-6-19-14-20(30)9-11-26(19,4)22(21)10-13-28(23,25)16-29/h8-9,11-12,17-19,21-25,29,31-32H,6-7,10,13-16H2,1-5H3/b12-8+/t18-,19-,21+,22-,23-,24-,25+,26-,27-,28+/m0/s1. The van der Waals surface area contributed by atoms with Gasteiger partial charge in [-0.25, -0.2) is 0 Å². The van der Waals surface area contributed by atoms with Gasteiger partial charge < -0.3 is 15.3 Å². The summed E-state index contributed by atoms with van der Waals surface area (Å²) in [5, 5.41) is 33.7. The monoisotopic (exact) mass is 444 g/mol. The van der Waals surface area contributed by atoms with Gasteiger partial charge in [0.25, 0.3) is 0 Å². The van der Waals surface area contributed by atoms with Crippen LogP contribution in [0, 0.1) is 52.3 Å². The first-order valence-corrected chi connectivity index (χ1v) is 12.9. The minimum Gasteiger partial charge on any atom is -0.396 e. The first-order chi connectivity index (χ1) is 15.0. The highest BCUT2D eigenvalue weighted by Gasteiger charge is 2.66. The number of aliphatic hydroxyl groups is 3. The van der Waals surface area contributed by atoms with E-state index in [1.807, 2.05) is 13.0 Å². The van der Waals surface area contributed by atoms with Crippen LogP contribution in [0.1, 0.15) is 73.1 Å². The zero-order valence-electron chi connectivity index (χ0n) is 20.6. The maximum absolute atomic E-state index is 12.1. The van der Waals surface area contributed by atoms with Crippen LogP contribution >= 0.6 is 0 Å². The van der Waals surface area contributed by atoms with E-state index in [1.54, 1.807) is 6.08 Å². The second-order valence-electron chi connectivity index (χ2n) is 12.4. The molecule has 4 nitrogen and oxygen atoms in total. The number of hydrogen-bond donors (Lipinski definition) is 3. The Hall–Kier alpha value is -0.970. The fourth-order valence-electron chi connectivity index (χ4n) is 8.39. The van der Waals surface area contributed by atoms with Crippen molar-refractivity contribution in [2.45, 2.75) is 84.8 Å². The summed E-state index contributed by atoms with van der Waals surface area (Å²) in [5.74, 6) is 2.22. The number of carbonyl (C=O) groups is 1. The molecular formula is C28H44O4. The predicted octanol–water partition coefficient (Wildman–Crippen LogP) is 4.53. The van der Waals surface area contributed by atoms with Gasteiger partial charge in [0.2, 0.25) is 0 Å². The molecule has 4 aliphatic carbocycles. The molecule has 0 unspecified atom stereocenters. The molecule has 0 amide bonds. The molecule has 0 aromatic heterocycles. The number of ketones is 1. The molecule has 0 heterocycles. The van der Waals surface area contributed by atoms with E-state index >= 15 is 0 Å². The van der Waals surface area contributed by atoms with Crippen LogP contribution in [0.4, 0.5) is 0 Å². The van der Waals surface area contributed by atoms with Crippen LogP contribution < -0.4 is 0 Å². The van der Waals surface area contributed by atoms with Gasteiger partial charge in [-0.2, -0.15) is 0 Å². The van der Waals surface area contributed by atoms with Crippen LogP contribution in [-0.2, 0) is 4.79 Å². The first-order valence-electron chi connectivity index (χ1n) is 12.9. The van der Waals surface area contributed by atoms with Crippen LogP contribution in [0.25, 0.3) is 0 Å². The molecule has 4 aliphatic rings. The van der Waals surface area contributed by atoms with Gasteiger partial charge in [-0.3, -0.25) is 4.79 Å². The highest BCUT2D eigenvalue weighted by atomic mass is 16.3. The van der Waals surface area contributed by atoms with Gasteiger partial charge in [0.05, 0.1) is 11.7 Å². The third kappa shape index (κ3) is 3.65. The molecule has 3 fully saturated rings. The second kappa shape index (κ2) is 8.36. The SMILES string of the molecule is CC(C)[C@@H](C)/C=C/[C@](C)(O)[C@H]1[C@@H](O)C[C@H]2[C@@H]3CC[C@H]4CC(=O)C=C[C@]4(C)[C@H]3CC[C@@]21CO. The molecule has 0 aromatic carbocycles. The maximum atomic E-state index is 12.1. The minimum atomic E-state index is -1.16. The summed E-state index contributed by atoms with van der Waals surface area (Å²) in [4.78, 5) is 12.1. The van der Waals surface area contributed by atoms with Gasteiger partial charge in [0, 0.05) is 24.4 Å². The molecule has 0 spiro atoms. The molecule has 3 saturated carbocycles. The van der Waals surface area contributed by atoms with Crippen molar-refractivity contribution in [3.63, 3.8) is 0 Å². The summed E-state index contributed by atoms with van der Waals surface area (Å²) in [6, 6.07) is 0. The molecule has 0 aliphatic heterocycles. The number of fused-ring (bicyclic) bond motifs is 5. The van der Waals surface area contributed by atoms with Crippen molar-refractivity contribution < 1.29 is 20.1 Å².